The van der Waals surface area contributed by atoms with Gasteiger partial charge in [0, 0.05) is 5.56 Å². The molecule has 0 spiro atoms. The molecule has 0 saturated carbocycles. The van der Waals surface area contributed by atoms with Gasteiger partial charge in [-0.05, 0) is 36.4 Å². The second-order valence-electron chi connectivity index (χ2n) is 4.05. The van der Waals surface area contributed by atoms with E-state index >= 15 is 0 Å². The summed E-state index contributed by atoms with van der Waals surface area (Å²) in [5.41, 5.74) is 0.899. The van der Waals surface area contributed by atoms with E-state index in [1.165, 1.54) is 0 Å². The number of rotatable bonds is 1. The summed E-state index contributed by atoms with van der Waals surface area (Å²) in [6, 6.07) is 14.0. The van der Waals surface area contributed by atoms with Crippen molar-refractivity contribution in [3.05, 3.63) is 48.0 Å². The van der Waals surface area contributed by atoms with Crippen LogP contribution in [0.2, 0.25) is 0 Å². The second kappa shape index (κ2) is 3.57. The van der Waals surface area contributed by atoms with E-state index in [0.717, 1.165) is 22.8 Å². The molecular weight excluding hydrogens is 232 g/mol. The van der Waals surface area contributed by atoms with Gasteiger partial charge in [-0.25, -0.2) is 0 Å². The molecule has 0 N–H and O–H groups in total. The summed E-state index contributed by atoms with van der Waals surface area (Å²) in [6.45, 7) is 0.264. The van der Waals surface area contributed by atoms with Crippen LogP contribution in [-0.2, 0) is 0 Å². The minimum absolute atomic E-state index is 0.264. The summed E-state index contributed by atoms with van der Waals surface area (Å²) in [7, 11) is 0. The molecular formula is C14H9O4. The fourth-order valence-electron chi connectivity index (χ4n) is 2.04. The largest absolute Gasteiger partial charge is 0.454 e. The van der Waals surface area contributed by atoms with Gasteiger partial charge in [-0.1, -0.05) is 6.07 Å². The van der Waals surface area contributed by atoms with Crippen LogP contribution in [0.5, 0.6) is 23.0 Å². The zero-order valence-electron chi connectivity index (χ0n) is 9.38. The van der Waals surface area contributed by atoms with Crippen molar-refractivity contribution in [2.24, 2.45) is 0 Å². The van der Waals surface area contributed by atoms with Gasteiger partial charge in [0.1, 0.15) is 0 Å². The lowest BCUT2D eigenvalue weighted by Crippen LogP contribution is -2.07. The monoisotopic (exact) mass is 241 g/mol. The van der Waals surface area contributed by atoms with Crippen LogP contribution in [0.4, 0.5) is 0 Å². The van der Waals surface area contributed by atoms with Gasteiger partial charge in [0.2, 0.25) is 6.79 Å². The van der Waals surface area contributed by atoms with Crippen LogP contribution >= 0.6 is 0 Å². The maximum Gasteiger partial charge on any atom is 0.268 e. The Hall–Kier alpha value is -2.36. The Bertz CT molecular complexity index is 583. The molecule has 4 nitrogen and oxygen atoms in total. The SMILES string of the molecule is [c]1ccc2c(c1)OC(c1ccc3c(c1)OCO3)O2. The molecule has 89 valence electrons. The van der Waals surface area contributed by atoms with Gasteiger partial charge in [-0.3, -0.25) is 0 Å². The molecule has 2 aromatic rings. The van der Waals surface area contributed by atoms with Crippen molar-refractivity contribution < 1.29 is 18.9 Å². The third-order valence-electron chi connectivity index (χ3n) is 2.93. The quantitative estimate of drug-likeness (QED) is 0.769. The van der Waals surface area contributed by atoms with E-state index in [1.54, 1.807) is 12.1 Å². The first-order chi connectivity index (χ1) is 8.90. The van der Waals surface area contributed by atoms with Gasteiger partial charge in [0.15, 0.2) is 23.0 Å². The summed E-state index contributed by atoms with van der Waals surface area (Å²) in [6.07, 6.45) is -0.440. The highest BCUT2D eigenvalue weighted by Crippen LogP contribution is 2.42. The summed E-state index contributed by atoms with van der Waals surface area (Å²) in [5.74, 6) is 2.92. The second-order valence-corrected chi connectivity index (χ2v) is 4.05. The molecule has 0 aromatic heterocycles. The standard InChI is InChI=1S/C14H9O4/c1-2-4-12-11(3-1)17-14(18-12)9-5-6-10-13(7-9)16-8-15-10/h1,3-7,14H,8H2. The van der Waals surface area contributed by atoms with E-state index in [9.17, 15) is 0 Å². The average molecular weight is 241 g/mol. The third kappa shape index (κ3) is 1.39. The molecule has 0 fully saturated rings. The Morgan fingerprint density at radius 1 is 0.944 bits per heavy atom. The first-order valence-electron chi connectivity index (χ1n) is 5.63. The molecule has 0 bridgehead atoms. The molecule has 2 aliphatic heterocycles. The number of benzene rings is 2. The van der Waals surface area contributed by atoms with Crippen LogP contribution in [0, 0.1) is 6.07 Å². The number of hydrogen-bond donors (Lipinski definition) is 0. The van der Waals surface area contributed by atoms with E-state index in [4.69, 9.17) is 18.9 Å². The maximum absolute atomic E-state index is 5.71. The van der Waals surface area contributed by atoms with Gasteiger partial charge in [-0.15, -0.1) is 0 Å². The number of hydrogen-bond acceptors (Lipinski definition) is 4. The molecule has 1 atom stereocenters. The fourth-order valence-corrected chi connectivity index (χ4v) is 2.04. The highest BCUT2D eigenvalue weighted by Gasteiger charge is 2.27. The first-order valence-corrected chi connectivity index (χ1v) is 5.63. The molecule has 18 heavy (non-hydrogen) atoms. The smallest absolute Gasteiger partial charge is 0.268 e. The summed E-state index contributed by atoms with van der Waals surface area (Å²) in [5, 5.41) is 0. The van der Waals surface area contributed by atoms with Gasteiger partial charge in [0.25, 0.3) is 6.29 Å². The normalized spacial score (nSPS) is 16.0. The molecule has 4 heteroatoms. The van der Waals surface area contributed by atoms with Crippen molar-refractivity contribution in [1.82, 2.24) is 0 Å². The molecule has 0 amide bonds. The van der Waals surface area contributed by atoms with Crippen molar-refractivity contribution in [3.63, 3.8) is 0 Å². The molecule has 0 saturated heterocycles. The summed E-state index contributed by atoms with van der Waals surface area (Å²) >= 11 is 0. The van der Waals surface area contributed by atoms with Crippen LogP contribution in [0.1, 0.15) is 11.9 Å². The molecule has 1 radical (unpaired) electrons. The maximum atomic E-state index is 5.71. The number of fused-ring (bicyclic) bond motifs is 2. The van der Waals surface area contributed by atoms with Gasteiger partial charge < -0.3 is 18.9 Å². The minimum atomic E-state index is -0.440. The van der Waals surface area contributed by atoms with Crippen LogP contribution in [0.25, 0.3) is 0 Å². The average Bonchev–Trinajstić information content (AvgIpc) is 3.04. The van der Waals surface area contributed by atoms with E-state index < -0.39 is 6.29 Å². The highest BCUT2D eigenvalue weighted by molar-refractivity contribution is 5.47. The van der Waals surface area contributed by atoms with Gasteiger partial charge in [0.05, 0.1) is 0 Å². The van der Waals surface area contributed by atoms with E-state index in [-0.39, 0.29) is 6.79 Å². The molecule has 4 rings (SSSR count). The summed E-state index contributed by atoms with van der Waals surface area (Å²) < 4.78 is 22.0. The molecule has 2 aliphatic rings. The first kappa shape index (κ1) is 9.65. The van der Waals surface area contributed by atoms with E-state index in [1.807, 2.05) is 24.3 Å². The fraction of sp³-hybridized carbons (Fsp3) is 0.143. The predicted octanol–water partition coefficient (Wildman–Crippen LogP) is 2.69. The third-order valence-corrected chi connectivity index (χ3v) is 2.93. The summed E-state index contributed by atoms with van der Waals surface area (Å²) in [4.78, 5) is 0. The molecule has 0 aliphatic carbocycles. The Morgan fingerprint density at radius 2 is 1.83 bits per heavy atom. The van der Waals surface area contributed by atoms with Crippen molar-refractivity contribution in [2.45, 2.75) is 6.29 Å². The minimum Gasteiger partial charge on any atom is -0.454 e. The predicted molar refractivity (Wildman–Crippen MR) is 61.8 cm³/mol. The van der Waals surface area contributed by atoms with Crippen molar-refractivity contribution in [1.29, 1.82) is 0 Å². The molecule has 1 unspecified atom stereocenters. The zero-order chi connectivity index (χ0) is 11.9. The van der Waals surface area contributed by atoms with Crippen LogP contribution in [0.3, 0.4) is 0 Å². The highest BCUT2D eigenvalue weighted by atomic mass is 16.7. The Balaban J connectivity index is 1.66. The Kier molecular flexibility index (Phi) is 1.91. The van der Waals surface area contributed by atoms with Gasteiger partial charge in [-0.2, -0.15) is 0 Å². The van der Waals surface area contributed by atoms with Crippen molar-refractivity contribution in [2.75, 3.05) is 6.79 Å². The molecule has 2 heterocycles. The van der Waals surface area contributed by atoms with Crippen LogP contribution in [-0.4, -0.2) is 6.79 Å². The topological polar surface area (TPSA) is 36.9 Å². The lowest BCUT2D eigenvalue weighted by molar-refractivity contribution is 0.0485. The van der Waals surface area contributed by atoms with Crippen molar-refractivity contribution in [3.8, 4) is 23.0 Å². The number of ether oxygens (including phenoxy) is 4. The van der Waals surface area contributed by atoms with E-state index in [0.29, 0.717) is 5.75 Å². The van der Waals surface area contributed by atoms with E-state index in [2.05, 4.69) is 6.07 Å². The van der Waals surface area contributed by atoms with Crippen molar-refractivity contribution >= 4 is 0 Å². The van der Waals surface area contributed by atoms with Crippen LogP contribution < -0.4 is 18.9 Å². The Labute approximate surface area is 104 Å². The van der Waals surface area contributed by atoms with Crippen LogP contribution in [0.15, 0.2) is 36.4 Å². The Morgan fingerprint density at radius 3 is 2.78 bits per heavy atom. The lowest BCUT2D eigenvalue weighted by Gasteiger charge is -2.10. The zero-order valence-corrected chi connectivity index (χ0v) is 9.38. The van der Waals surface area contributed by atoms with Gasteiger partial charge >= 0.3 is 0 Å². The molecule has 2 aromatic carbocycles. The lowest BCUT2D eigenvalue weighted by atomic mass is 10.2.